The first-order chi connectivity index (χ1) is 14.4. The van der Waals surface area contributed by atoms with Crippen LogP contribution in [0.5, 0.6) is 0 Å². The van der Waals surface area contributed by atoms with E-state index in [0.717, 1.165) is 0 Å². The maximum absolute atomic E-state index is 12.3. The minimum Gasteiger partial charge on any atom is -0.392 e. The molecule has 4 atom stereocenters. The summed E-state index contributed by atoms with van der Waals surface area (Å²) in [5, 5.41) is 23.8. The summed E-state index contributed by atoms with van der Waals surface area (Å²) in [5.41, 5.74) is -0.426. The predicted molar refractivity (Wildman–Crippen MR) is 122 cm³/mol. The first kappa shape index (κ1) is 27.3. The largest absolute Gasteiger partial charge is 0.392 e. The molecular formula is C24H36ClNO5. The third kappa shape index (κ3) is 9.93. The van der Waals surface area contributed by atoms with Crippen molar-refractivity contribution in [3.63, 3.8) is 0 Å². The zero-order valence-electron chi connectivity index (χ0n) is 18.9. The quantitative estimate of drug-likeness (QED) is 0.326. The van der Waals surface area contributed by atoms with Gasteiger partial charge in [0.1, 0.15) is 5.78 Å². The van der Waals surface area contributed by atoms with Crippen LogP contribution in [0.4, 0.5) is 0 Å². The van der Waals surface area contributed by atoms with Gasteiger partial charge in [-0.05, 0) is 38.0 Å². The Balaban J connectivity index is 2.61. The maximum Gasteiger partial charge on any atom is 0.226 e. The van der Waals surface area contributed by atoms with E-state index in [1.807, 2.05) is 32.1 Å². The first-order valence-corrected chi connectivity index (χ1v) is 11.2. The summed E-state index contributed by atoms with van der Waals surface area (Å²) in [4.78, 5) is 34.6. The van der Waals surface area contributed by atoms with Gasteiger partial charge in [0.05, 0.1) is 12.2 Å². The number of Topliss-reactive ketones (excluding diaryl/α,β-unsaturated/α-hetero) is 1. The van der Waals surface area contributed by atoms with E-state index in [0.29, 0.717) is 30.7 Å². The number of aliphatic hydroxyl groups is 2. The SMILES string of the molecule is CC(=O)NC(=O)CCCC=CC[C@H]1C(=O)C[C@@H](O)[C@@H]1C=C[C@H](O)C(C)(C)CC=C(C)Cl. The van der Waals surface area contributed by atoms with Crippen molar-refractivity contribution in [1.82, 2.24) is 5.32 Å². The number of rotatable bonds is 11. The van der Waals surface area contributed by atoms with E-state index in [1.54, 1.807) is 19.1 Å². The van der Waals surface area contributed by atoms with Gasteiger partial charge in [-0.25, -0.2) is 0 Å². The Morgan fingerprint density at radius 3 is 2.58 bits per heavy atom. The highest BCUT2D eigenvalue weighted by molar-refractivity contribution is 6.29. The van der Waals surface area contributed by atoms with Gasteiger partial charge in [-0.1, -0.05) is 55.8 Å². The number of unbranched alkanes of at least 4 members (excludes halogenated alkanes) is 1. The number of carbonyl (C=O) groups is 3. The second kappa shape index (κ2) is 12.9. The summed E-state index contributed by atoms with van der Waals surface area (Å²) in [6, 6.07) is 0. The van der Waals surface area contributed by atoms with Gasteiger partial charge in [0.2, 0.25) is 11.8 Å². The minimum atomic E-state index is -0.752. The van der Waals surface area contributed by atoms with E-state index in [2.05, 4.69) is 5.32 Å². The van der Waals surface area contributed by atoms with Crippen molar-refractivity contribution in [2.45, 2.75) is 78.4 Å². The van der Waals surface area contributed by atoms with Crippen LogP contribution >= 0.6 is 11.6 Å². The molecule has 0 unspecified atom stereocenters. The molecular weight excluding hydrogens is 418 g/mol. The number of carbonyl (C=O) groups excluding carboxylic acids is 3. The molecule has 7 heteroatoms. The number of hydrogen-bond acceptors (Lipinski definition) is 5. The summed E-state index contributed by atoms with van der Waals surface area (Å²) in [6.45, 7) is 6.96. The van der Waals surface area contributed by atoms with E-state index in [-0.39, 0.29) is 42.3 Å². The van der Waals surface area contributed by atoms with Crippen molar-refractivity contribution < 1.29 is 24.6 Å². The van der Waals surface area contributed by atoms with Gasteiger partial charge in [0, 0.05) is 36.6 Å². The van der Waals surface area contributed by atoms with Crippen LogP contribution in [0.15, 0.2) is 35.4 Å². The molecule has 0 spiro atoms. The Kier molecular flexibility index (Phi) is 11.4. The normalized spacial score (nSPS) is 23.6. The van der Waals surface area contributed by atoms with E-state index < -0.39 is 17.6 Å². The highest BCUT2D eigenvalue weighted by Gasteiger charge is 2.39. The lowest BCUT2D eigenvalue weighted by Gasteiger charge is -2.28. The summed E-state index contributed by atoms with van der Waals surface area (Å²) in [6.07, 6.45) is 10.4. The highest BCUT2D eigenvalue weighted by atomic mass is 35.5. The fraction of sp³-hybridized carbons (Fsp3) is 0.625. The lowest BCUT2D eigenvalue weighted by atomic mass is 9.81. The van der Waals surface area contributed by atoms with E-state index in [9.17, 15) is 24.6 Å². The molecule has 0 bridgehead atoms. The zero-order valence-corrected chi connectivity index (χ0v) is 19.7. The van der Waals surface area contributed by atoms with Crippen LogP contribution in [0.3, 0.4) is 0 Å². The molecule has 0 aromatic rings. The number of allylic oxidation sites excluding steroid dienone is 4. The Morgan fingerprint density at radius 2 is 1.97 bits per heavy atom. The van der Waals surface area contributed by atoms with Gasteiger partial charge in [-0.15, -0.1) is 0 Å². The van der Waals surface area contributed by atoms with Crippen LogP contribution in [-0.4, -0.2) is 40.0 Å². The van der Waals surface area contributed by atoms with Gasteiger partial charge < -0.3 is 10.2 Å². The standard InChI is InChI=1S/C24H36ClNO5/c1-16(25)13-14-24(3,4)22(30)12-11-19-18(20(28)15-21(19)29)9-7-5-6-8-10-23(31)26-17(2)27/h5,7,11-13,18-19,21-22,29-30H,6,8-10,14-15H2,1-4H3,(H,26,27,31)/t18-,19-,21-,22+/m1/s1. The molecule has 1 rings (SSSR count). The molecule has 0 aromatic heterocycles. The lowest BCUT2D eigenvalue weighted by molar-refractivity contribution is -0.129. The number of aliphatic hydroxyl groups excluding tert-OH is 2. The Hall–Kier alpha value is -1.76. The van der Waals surface area contributed by atoms with Crippen LogP contribution in [0.2, 0.25) is 0 Å². The smallest absolute Gasteiger partial charge is 0.226 e. The molecule has 0 radical (unpaired) electrons. The van der Waals surface area contributed by atoms with Crippen molar-refractivity contribution >= 4 is 29.2 Å². The fourth-order valence-electron chi connectivity index (χ4n) is 3.55. The van der Waals surface area contributed by atoms with Crippen LogP contribution in [0, 0.1) is 17.3 Å². The van der Waals surface area contributed by atoms with Crippen LogP contribution in [0.1, 0.15) is 66.2 Å². The van der Waals surface area contributed by atoms with Crippen LogP contribution < -0.4 is 5.32 Å². The molecule has 1 saturated carbocycles. The molecule has 1 aliphatic rings. The average Bonchev–Trinajstić information content (AvgIpc) is 2.92. The van der Waals surface area contributed by atoms with Gasteiger partial charge in [-0.2, -0.15) is 0 Å². The molecule has 0 aromatic carbocycles. The maximum atomic E-state index is 12.3. The van der Waals surface area contributed by atoms with E-state index in [4.69, 9.17) is 11.6 Å². The van der Waals surface area contributed by atoms with Crippen molar-refractivity contribution in [3.05, 3.63) is 35.4 Å². The highest BCUT2D eigenvalue weighted by Crippen LogP contribution is 2.35. The number of halogens is 1. The monoisotopic (exact) mass is 453 g/mol. The second-order valence-corrected chi connectivity index (χ2v) is 9.53. The average molecular weight is 454 g/mol. The number of hydrogen-bond donors (Lipinski definition) is 3. The van der Waals surface area contributed by atoms with Gasteiger partial charge in [-0.3, -0.25) is 19.7 Å². The van der Waals surface area contributed by atoms with Crippen molar-refractivity contribution in [3.8, 4) is 0 Å². The van der Waals surface area contributed by atoms with Crippen molar-refractivity contribution in [2.75, 3.05) is 0 Å². The summed E-state index contributed by atoms with van der Waals surface area (Å²) in [5.74, 6) is -1.31. The molecule has 31 heavy (non-hydrogen) atoms. The second-order valence-electron chi connectivity index (χ2n) is 8.94. The molecule has 0 saturated heterocycles. The predicted octanol–water partition coefficient (Wildman–Crippen LogP) is 3.81. The summed E-state index contributed by atoms with van der Waals surface area (Å²) < 4.78 is 0. The van der Waals surface area contributed by atoms with E-state index in [1.165, 1.54) is 6.92 Å². The number of nitrogens with one attached hydrogen (secondary N) is 1. The molecule has 2 amide bonds. The van der Waals surface area contributed by atoms with E-state index >= 15 is 0 Å². The number of amides is 2. The number of imide groups is 1. The molecule has 1 fully saturated rings. The lowest BCUT2D eigenvalue weighted by Crippen LogP contribution is -2.28. The molecule has 3 N–H and O–H groups in total. The van der Waals surface area contributed by atoms with Crippen LogP contribution in [-0.2, 0) is 14.4 Å². The van der Waals surface area contributed by atoms with Gasteiger partial charge in [0.25, 0.3) is 0 Å². The molecule has 0 aliphatic heterocycles. The molecule has 6 nitrogen and oxygen atoms in total. The van der Waals surface area contributed by atoms with Crippen LogP contribution in [0.25, 0.3) is 0 Å². The number of ketones is 1. The molecule has 174 valence electrons. The molecule has 0 heterocycles. The van der Waals surface area contributed by atoms with Gasteiger partial charge in [0.15, 0.2) is 0 Å². The third-order valence-electron chi connectivity index (χ3n) is 5.61. The Morgan fingerprint density at radius 1 is 1.29 bits per heavy atom. The fourth-order valence-corrected chi connectivity index (χ4v) is 3.62. The van der Waals surface area contributed by atoms with Crippen molar-refractivity contribution in [2.24, 2.45) is 17.3 Å². The summed E-state index contributed by atoms with van der Waals surface area (Å²) >= 11 is 5.89. The molecule has 1 aliphatic carbocycles. The summed E-state index contributed by atoms with van der Waals surface area (Å²) in [7, 11) is 0. The zero-order chi connectivity index (χ0) is 23.6. The first-order valence-electron chi connectivity index (χ1n) is 10.8. The van der Waals surface area contributed by atoms with Crippen molar-refractivity contribution in [1.29, 1.82) is 0 Å². The third-order valence-corrected chi connectivity index (χ3v) is 5.76. The minimum absolute atomic E-state index is 0.0158. The van der Waals surface area contributed by atoms with Gasteiger partial charge >= 0.3 is 0 Å². The Bertz CT molecular complexity index is 721. The topological polar surface area (TPSA) is 104 Å². The Labute approximate surface area is 190 Å².